The molecule has 1 aliphatic rings. The zero-order valence-corrected chi connectivity index (χ0v) is 13.8. The van der Waals surface area contributed by atoms with Crippen LogP contribution in [-0.2, 0) is 0 Å². The molecule has 1 aliphatic carbocycles. The summed E-state index contributed by atoms with van der Waals surface area (Å²) in [5.74, 6) is 6.41. The Balaban J connectivity index is 1.78. The van der Waals surface area contributed by atoms with E-state index in [0.29, 0.717) is 0 Å². The molecule has 1 aromatic carbocycles. The van der Waals surface area contributed by atoms with Gasteiger partial charge in [-0.15, -0.1) is 0 Å². The van der Waals surface area contributed by atoms with Crippen molar-refractivity contribution in [2.24, 2.45) is 0 Å². The van der Waals surface area contributed by atoms with Gasteiger partial charge < -0.3 is 0 Å². The van der Waals surface area contributed by atoms with Crippen molar-refractivity contribution in [2.45, 2.75) is 37.7 Å². The predicted molar refractivity (Wildman–Crippen MR) is 83.7 cm³/mol. The van der Waals surface area contributed by atoms with Gasteiger partial charge in [0, 0.05) is 0 Å². The second-order valence-electron chi connectivity index (χ2n) is 5.37. The zero-order valence-electron chi connectivity index (χ0n) is 11.4. The fourth-order valence-corrected chi connectivity index (χ4v) is 5.07. The molecule has 20 heavy (non-hydrogen) atoms. The van der Waals surface area contributed by atoms with Crippen molar-refractivity contribution in [1.82, 2.24) is 0 Å². The first-order valence-corrected chi connectivity index (χ1v) is 9.49. The van der Waals surface area contributed by atoms with Crippen molar-refractivity contribution in [3.63, 3.8) is 0 Å². The van der Waals surface area contributed by atoms with Gasteiger partial charge in [-0.1, -0.05) is 0 Å². The molecule has 2 aromatic rings. The van der Waals surface area contributed by atoms with E-state index in [-0.39, 0.29) is 20.4 Å². The van der Waals surface area contributed by atoms with Gasteiger partial charge in [-0.05, 0) is 0 Å². The van der Waals surface area contributed by atoms with Gasteiger partial charge in [0.25, 0.3) is 0 Å². The van der Waals surface area contributed by atoms with E-state index in [1.54, 1.807) is 0 Å². The van der Waals surface area contributed by atoms with E-state index in [1.165, 1.54) is 19.1 Å². The van der Waals surface area contributed by atoms with E-state index < -0.39 is 5.60 Å². The molecule has 0 spiro atoms. The molecule has 2 heteroatoms. The third-order valence-electron chi connectivity index (χ3n) is 3.76. The zero-order chi connectivity index (χ0) is 13.8. The molecule has 102 valence electrons. The third-order valence-corrected chi connectivity index (χ3v) is 6.76. The summed E-state index contributed by atoms with van der Waals surface area (Å²) in [7, 11) is 0. The fraction of sp³-hybridized carbons (Fsp3) is 0.333. The van der Waals surface area contributed by atoms with Crippen LogP contribution in [0.25, 0.3) is 9.14 Å². The van der Waals surface area contributed by atoms with Gasteiger partial charge in [0.15, 0.2) is 0 Å². The summed E-state index contributed by atoms with van der Waals surface area (Å²) in [5.41, 5.74) is 0.598. The van der Waals surface area contributed by atoms with Crippen molar-refractivity contribution >= 4 is 20.4 Å². The van der Waals surface area contributed by atoms with Crippen molar-refractivity contribution in [3.05, 3.63) is 46.0 Å². The Morgan fingerprint density at radius 3 is 2.45 bits per heavy atom. The molecule has 1 nitrogen and oxygen atoms in total. The molecule has 1 aromatic heterocycles. The Bertz CT molecular complexity index is 624. The summed E-state index contributed by atoms with van der Waals surface area (Å²) < 4.78 is 2.68. The first-order valence-electron chi connectivity index (χ1n) is 7.16. The molecule has 3 rings (SSSR count). The minimum atomic E-state index is -0.721. The van der Waals surface area contributed by atoms with Gasteiger partial charge in [0.1, 0.15) is 0 Å². The molecule has 1 heterocycles. The molecule has 0 saturated heterocycles. The molecule has 0 atom stereocenters. The van der Waals surface area contributed by atoms with Crippen LogP contribution in [0, 0.1) is 11.8 Å². The van der Waals surface area contributed by atoms with E-state index in [9.17, 15) is 5.11 Å². The Kier molecular flexibility index (Phi) is 4.32. The quantitative estimate of drug-likeness (QED) is 0.596. The van der Waals surface area contributed by atoms with Gasteiger partial charge in [-0.3, -0.25) is 0 Å². The molecule has 0 unspecified atom stereocenters. The molecule has 1 saturated carbocycles. The van der Waals surface area contributed by atoms with Gasteiger partial charge in [0.2, 0.25) is 0 Å². The van der Waals surface area contributed by atoms with Crippen LogP contribution in [0.5, 0.6) is 0 Å². The Morgan fingerprint density at radius 2 is 1.70 bits per heavy atom. The average molecular weight is 378 g/mol. The maximum absolute atomic E-state index is 10.4. The fourth-order valence-electron chi connectivity index (χ4n) is 2.60. The van der Waals surface area contributed by atoms with Crippen molar-refractivity contribution in [2.75, 3.05) is 0 Å². The van der Waals surface area contributed by atoms with Crippen LogP contribution in [0.1, 0.15) is 35.7 Å². The monoisotopic (exact) mass is 380 g/mol. The van der Waals surface area contributed by atoms with Gasteiger partial charge in [-0.25, -0.2) is 0 Å². The van der Waals surface area contributed by atoms with E-state index in [1.807, 2.05) is 6.07 Å². The molecular weight excluding hydrogens is 360 g/mol. The normalized spacial score (nSPS) is 17.2. The van der Waals surface area contributed by atoms with E-state index in [2.05, 4.69) is 48.2 Å². The number of rotatable bonds is 1. The molecule has 1 fully saturated rings. The van der Waals surface area contributed by atoms with Crippen LogP contribution >= 0.6 is 0 Å². The van der Waals surface area contributed by atoms with Gasteiger partial charge in [0.05, 0.1) is 0 Å². The maximum atomic E-state index is 10.4. The third kappa shape index (κ3) is 3.36. The molecule has 1 N–H and O–H groups in total. The second-order valence-corrected chi connectivity index (χ2v) is 8.47. The van der Waals surface area contributed by atoms with Crippen LogP contribution < -0.4 is 0 Å². The summed E-state index contributed by atoms with van der Waals surface area (Å²) >= 11 is -0.376. The van der Waals surface area contributed by atoms with Crippen molar-refractivity contribution < 1.29 is 5.11 Å². The summed E-state index contributed by atoms with van der Waals surface area (Å²) in [6, 6.07) is 14.9. The summed E-state index contributed by atoms with van der Waals surface area (Å²) in [6.07, 6.45) is 5.13. The number of aliphatic hydroxyl groups is 1. The Hall–Kier alpha value is -0.990. The predicted octanol–water partition coefficient (Wildman–Crippen LogP) is 3.46. The Morgan fingerprint density at radius 1 is 0.950 bits per heavy atom. The standard InChI is InChI=1S/C18H18OTe/c19-18(12-5-2-6-13-18)14-11-16-9-10-17(20-16)15-7-3-1-4-8-15/h1,3-4,7-10,19H,2,5-6,12-13H2. The topological polar surface area (TPSA) is 20.2 Å². The minimum absolute atomic E-state index is 0.376. The molecule has 0 aliphatic heterocycles. The van der Waals surface area contributed by atoms with E-state index in [4.69, 9.17) is 0 Å². The SMILES string of the molecule is OC1(C#Cc2ccc(-c3ccccc3)[te]2)CCCCC1. The molecule has 0 bridgehead atoms. The van der Waals surface area contributed by atoms with Crippen LogP contribution in [-0.4, -0.2) is 31.1 Å². The van der Waals surface area contributed by atoms with Crippen molar-refractivity contribution in [3.8, 4) is 21.0 Å². The molecule has 0 amide bonds. The van der Waals surface area contributed by atoms with Crippen LogP contribution in [0.3, 0.4) is 0 Å². The van der Waals surface area contributed by atoms with Crippen molar-refractivity contribution in [1.29, 1.82) is 0 Å². The van der Waals surface area contributed by atoms with Gasteiger partial charge in [-0.2, -0.15) is 0 Å². The number of hydrogen-bond donors (Lipinski definition) is 1. The molecule has 0 radical (unpaired) electrons. The van der Waals surface area contributed by atoms with E-state index >= 15 is 0 Å². The summed E-state index contributed by atoms with van der Waals surface area (Å²) in [4.78, 5) is 0. The van der Waals surface area contributed by atoms with E-state index in [0.717, 1.165) is 25.7 Å². The first-order chi connectivity index (χ1) is 9.75. The average Bonchev–Trinajstić information content (AvgIpc) is 2.96. The Labute approximate surface area is 130 Å². The molecular formula is C18H18OTe. The summed E-state index contributed by atoms with van der Waals surface area (Å²) in [5, 5.41) is 10.4. The first kappa shape index (κ1) is 14.0. The number of hydrogen-bond acceptors (Lipinski definition) is 1. The van der Waals surface area contributed by atoms with Crippen LogP contribution in [0.15, 0.2) is 42.5 Å². The van der Waals surface area contributed by atoms with Crippen LogP contribution in [0.2, 0.25) is 0 Å². The summed E-state index contributed by atoms with van der Waals surface area (Å²) in [6.45, 7) is 0. The number of benzene rings is 1. The van der Waals surface area contributed by atoms with Crippen LogP contribution in [0.4, 0.5) is 0 Å². The second kappa shape index (κ2) is 6.19. The van der Waals surface area contributed by atoms with Gasteiger partial charge >= 0.3 is 130 Å².